The molecule has 140 valence electrons. The second-order valence-corrected chi connectivity index (χ2v) is 6.49. The smallest absolute Gasteiger partial charge is 0.236 e. The monoisotopic (exact) mass is 371 g/mol. The van der Waals surface area contributed by atoms with Crippen LogP contribution in [0.4, 0.5) is 4.39 Å². The molecule has 25 heavy (non-hydrogen) atoms. The molecule has 1 unspecified atom stereocenters. The fourth-order valence-corrected chi connectivity index (χ4v) is 3.61. The van der Waals surface area contributed by atoms with E-state index in [0.717, 1.165) is 44.6 Å². The van der Waals surface area contributed by atoms with Crippen molar-refractivity contribution in [2.45, 2.75) is 32.4 Å². The third kappa shape index (κ3) is 5.06. The first-order valence-electron chi connectivity index (χ1n) is 8.81. The van der Waals surface area contributed by atoms with Gasteiger partial charge in [0.25, 0.3) is 0 Å². The summed E-state index contributed by atoms with van der Waals surface area (Å²) in [5, 5.41) is 3.12. The second kappa shape index (κ2) is 9.36. The van der Waals surface area contributed by atoms with E-state index in [1.165, 1.54) is 0 Å². The molecule has 0 aromatic heterocycles. The highest BCUT2D eigenvalue weighted by molar-refractivity contribution is 5.85. The van der Waals surface area contributed by atoms with Gasteiger partial charge in [-0.15, -0.1) is 12.4 Å². The number of rotatable bonds is 5. The van der Waals surface area contributed by atoms with E-state index in [1.54, 1.807) is 12.1 Å². The number of piperidine rings is 1. The molecule has 0 spiro atoms. The molecular formula is C18H27ClFN3O2. The van der Waals surface area contributed by atoms with Crippen LogP contribution in [-0.2, 0) is 11.3 Å². The van der Waals surface area contributed by atoms with Crippen LogP contribution in [0.15, 0.2) is 18.2 Å². The van der Waals surface area contributed by atoms with Gasteiger partial charge in [0, 0.05) is 32.2 Å². The summed E-state index contributed by atoms with van der Waals surface area (Å²) in [6.07, 6.45) is 2.13. The average molecular weight is 372 g/mol. The van der Waals surface area contributed by atoms with Gasteiger partial charge >= 0.3 is 0 Å². The number of nitrogens with zero attached hydrogens (tertiary/aromatic N) is 2. The number of benzene rings is 1. The van der Waals surface area contributed by atoms with Crippen molar-refractivity contribution in [3.8, 4) is 5.75 Å². The number of carbonyl (C=O) groups excluding carboxylic acids is 1. The van der Waals surface area contributed by atoms with Crippen molar-refractivity contribution in [2.75, 3.05) is 39.3 Å². The van der Waals surface area contributed by atoms with Gasteiger partial charge in [-0.3, -0.25) is 9.69 Å². The van der Waals surface area contributed by atoms with Crippen LogP contribution >= 0.6 is 12.4 Å². The van der Waals surface area contributed by atoms with Gasteiger partial charge in [-0.05, 0) is 44.0 Å². The zero-order valence-corrected chi connectivity index (χ0v) is 15.5. The number of carbonyl (C=O) groups is 1. The molecule has 0 saturated carbocycles. The lowest BCUT2D eigenvalue weighted by molar-refractivity contribution is -0.135. The van der Waals surface area contributed by atoms with Crippen LogP contribution in [0.5, 0.6) is 5.75 Å². The Kier molecular flexibility index (Phi) is 7.47. The predicted molar refractivity (Wildman–Crippen MR) is 97.7 cm³/mol. The number of halogens is 2. The highest BCUT2D eigenvalue weighted by atomic mass is 35.5. The van der Waals surface area contributed by atoms with Crippen molar-refractivity contribution < 1.29 is 13.9 Å². The molecule has 5 nitrogen and oxygen atoms in total. The van der Waals surface area contributed by atoms with Crippen molar-refractivity contribution in [2.24, 2.45) is 0 Å². The molecular weight excluding hydrogens is 345 g/mol. The molecule has 3 rings (SSSR count). The van der Waals surface area contributed by atoms with E-state index in [0.29, 0.717) is 25.4 Å². The predicted octanol–water partition coefficient (Wildman–Crippen LogP) is 2.04. The van der Waals surface area contributed by atoms with Crippen LogP contribution in [-0.4, -0.2) is 61.1 Å². The minimum absolute atomic E-state index is 0. The highest BCUT2D eigenvalue weighted by Crippen LogP contribution is 2.22. The minimum Gasteiger partial charge on any atom is -0.491 e. The van der Waals surface area contributed by atoms with Crippen molar-refractivity contribution in [1.29, 1.82) is 0 Å². The zero-order chi connectivity index (χ0) is 16.9. The fourth-order valence-electron chi connectivity index (χ4n) is 3.61. The summed E-state index contributed by atoms with van der Waals surface area (Å²) >= 11 is 0. The Balaban J connectivity index is 0.00000225. The van der Waals surface area contributed by atoms with Crippen LogP contribution < -0.4 is 10.1 Å². The molecule has 1 atom stereocenters. The number of likely N-dealkylation sites (tertiary alicyclic amines) is 1. The van der Waals surface area contributed by atoms with Crippen LogP contribution in [0.1, 0.15) is 25.3 Å². The Hall–Kier alpha value is -1.37. The topological polar surface area (TPSA) is 44.8 Å². The number of ether oxygens (including phenoxy) is 1. The number of nitrogens with one attached hydrogen (secondary N) is 1. The van der Waals surface area contributed by atoms with Gasteiger partial charge in [0.1, 0.15) is 0 Å². The normalized spacial score (nSPS) is 21.8. The average Bonchev–Trinajstić information content (AvgIpc) is 2.58. The second-order valence-electron chi connectivity index (χ2n) is 6.49. The summed E-state index contributed by atoms with van der Waals surface area (Å²) in [6, 6.07) is 5.47. The molecule has 1 N–H and O–H groups in total. The van der Waals surface area contributed by atoms with Gasteiger partial charge in [0.2, 0.25) is 5.91 Å². The van der Waals surface area contributed by atoms with E-state index in [9.17, 15) is 9.18 Å². The van der Waals surface area contributed by atoms with E-state index in [-0.39, 0.29) is 30.2 Å². The lowest BCUT2D eigenvalue weighted by Gasteiger charge is -2.41. The van der Waals surface area contributed by atoms with E-state index in [1.807, 2.05) is 17.9 Å². The fraction of sp³-hybridized carbons (Fsp3) is 0.611. The first-order valence-corrected chi connectivity index (χ1v) is 8.81. The Morgan fingerprint density at radius 2 is 2.20 bits per heavy atom. The Morgan fingerprint density at radius 1 is 1.36 bits per heavy atom. The summed E-state index contributed by atoms with van der Waals surface area (Å²) in [5.74, 6) is 0.199. The number of amides is 1. The van der Waals surface area contributed by atoms with Crippen LogP contribution in [0.25, 0.3) is 0 Å². The Labute approximate surface area is 154 Å². The molecule has 2 saturated heterocycles. The van der Waals surface area contributed by atoms with Gasteiger partial charge in [0.15, 0.2) is 11.6 Å². The summed E-state index contributed by atoms with van der Waals surface area (Å²) in [7, 11) is 0. The first-order chi connectivity index (χ1) is 11.7. The van der Waals surface area contributed by atoms with Crippen LogP contribution in [0.3, 0.4) is 0 Å². The minimum atomic E-state index is -0.305. The molecule has 1 amide bonds. The quantitative estimate of drug-likeness (QED) is 0.860. The van der Waals surface area contributed by atoms with Gasteiger partial charge < -0.3 is 15.0 Å². The van der Waals surface area contributed by atoms with Gasteiger partial charge in [0.05, 0.1) is 13.2 Å². The molecule has 0 aliphatic carbocycles. The Morgan fingerprint density at radius 3 is 2.92 bits per heavy atom. The molecule has 2 aliphatic rings. The SMILES string of the molecule is CCOc1ccc(CN2CCCC(N3CCNCC3=O)C2)cc1F.Cl. The van der Waals surface area contributed by atoms with E-state index in [2.05, 4.69) is 10.2 Å². The number of hydrogen-bond acceptors (Lipinski definition) is 4. The van der Waals surface area contributed by atoms with Crippen molar-refractivity contribution in [3.05, 3.63) is 29.6 Å². The van der Waals surface area contributed by atoms with Crippen LogP contribution in [0.2, 0.25) is 0 Å². The van der Waals surface area contributed by atoms with E-state index >= 15 is 0 Å². The summed E-state index contributed by atoms with van der Waals surface area (Å²) in [4.78, 5) is 16.4. The lowest BCUT2D eigenvalue weighted by Crippen LogP contribution is -2.56. The lowest BCUT2D eigenvalue weighted by atomic mass is 10.0. The molecule has 1 aromatic carbocycles. The molecule has 0 radical (unpaired) electrons. The zero-order valence-electron chi connectivity index (χ0n) is 14.7. The molecule has 1 aromatic rings. The number of hydrogen-bond donors (Lipinski definition) is 1. The van der Waals surface area contributed by atoms with Crippen LogP contribution in [0, 0.1) is 5.82 Å². The van der Waals surface area contributed by atoms with Gasteiger partial charge in [-0.25, -0.2) is 4.39 Å². The van der Waals surface area contributed by atoms with E-state index < -0.39 is 0 Å². The van der Waals surface area contributed by atoms with Crippen molar-refractivity contribution in [3.63, 3.8) is 0 Å². The third-order valence-corrected chi connectivity index (χ3v) is 4.75. The highest BCUT2D eigenvalue weighted by Gasteiger charge is 2.29. The third-order valence-electron chi connectivity index (χ3n) is 4.75. The van der Waals surface area contributed by atoms with E-state index in [4.69, 9.17) is 4.74 Å². The summed E-state index contributed by atoms with van der Waals surface area (Å²) in [6.45, 7) is 6.97. The maximum Gasteiger partial charge on any atom is 0.236 e. The molecule has 7 heteroatoms. The van der Waals surface area contributed by atoms with Crippen molar-refractivity contribution in [1.82, 2.24) is 15.1 Å². The molecule has 2 fully saturated rings. The molecule has 0 bridgehead atoms. The maximum atomic E-state index is 14.0. The summed E-state index contributed by atoms with van der Waals surface area (Å²) < 4.78 is 19.3. The molecule has 2 heterocycles. The molecule has 2 aliphatic heterocycles. The largest absolute Gasteiger partial charge is 0.491 e. The van der Waals surface area contributed by atoms with Gasteiger partial charge in [-0.2, -0.15) is 0 Å². The first kappa shape index (κ1) is 19.9. The summed E-state index contributed by atoms with van der Waals surface area (Å²) in [5.41, 5.74) is 0.947. The number of piperazine rings is 1. The Bertz CT molecular complexity index is 587. The van der Waals surface area contributed by atoms with Gasteiger partial charge in [-0.1, -0.05) is 6.07 Å². The maximum absolute atomic E-state index is 14.0. The van der Waals surface area contributed by atoms with Crippen molar-refractivity contribution >= 4 is 18.3 Å². The standard InChI is InChI=1S/C18H26FN3O2.ClH/c1-2-24-17-6-5-14(10-16(17)19)12-21-8-3-4-15(13-21)22-9-7-20-11-18(22)23;/h5-6,10,15,20H,2-4,7-9,11-13H2,1H3;1H.